The molecule has 0 aromatic heterocycles. The summed E-state index contributed by atoms with van der Waals surface area (Å²) in [6.07, 6.45) is 9.64. The molecule has 3 heteroatoms. The minimum atomic E-state index is -1.90. The van der Waals surface area contributed by atoms with Gasteiger partial charge in [-0.1, -0.05) is 0 Å². The van der Waals surface area contributed by atoms with Gasteiger partial charge >= 0.3 is 152 Å². The van der Waals surface area contributed by atoms with Crippen LogP contribution in [0.25, 0.3) is 12.2 Å². The van der Waals surface area contributed by atoms with E-state index in [0.717, 1.165) is 0 Å². The molecule has 2 atom stereocenters. The van der Waals surface area contributed by atoms with E-state index < -0.39 is 18.9 Å². The van der Waals surface area contributed by atoms with Crippen LogP contribution >= 0.6 is 17.0 Å². The summed E-state index contributed by atoms with van der Waals surface area (Å²) in [5, 5.41) is 0. The number of benzene rings is 2. The molecule has 0 nitrogen and oxygen atoms in total. The van der Waals surface area contributed by atoms with Crippen LogP contribution in [0.1, 0.15) is 34.1 Å². The van der Waals surface area contributed by atoms with Gasteiger partial charge < -0.3 is 0 Å². The van der Waals surface area contributed by atoms with Crippen molar-refractivity contribution in [2.75, 3.05) is 0 Å². The van der Waals surface area contributed by atoms with Crippen LogP contribution in [0.3, 0.4) is 0 Å². The molecule has 0 saturated heterocycles. The minimum absolute atomic E-state index is 0. The van der Waals surface area contributed by atoms with Crippen molar-refractivity contribution in [3.8, 4) is 0 Å². The van der Waals surface area contributed by atoms with E-state index in [-0.39, 0.29) is 17.0 Å². The van der Waals surface area contributed by atoms with E-state index >= 15 is 0 Å². The van der Waals surface area contributed by atoms with E-state index in [1.165, 1.54) is 15.3 Å². The van der Waals surface area contributed by atoms with E-state index in [0.29, 0.717) is 17.8 Å². The van der Waals surface area contributed by atoms with E-state index in [4.69, 9.17) is 0 Å². The van der Waals surface area contributed by atoms with E-state index in [2.05, 4.69) is 89.0 Å². The molecule has 25 heavy (non-hydrogen) atoms. The van der Waals surface area contributed by atoms with Gasteiger partial charge in [-0.2, -0.15) is 0 Å². The van der Waals surface area contributed by atoms with Gasteiger partial charge in [0.15, 0.2) is 0 Å². The molecule has 2 aromatic rings. The zero-order valence-electron chi connectivity index (χ0n) is 15.0. The summed E-state index contributed by atoms with van der Waals surface area (Å²) in [7, 11) is 0. The number of halogens is 1. The van der Waals surface area contributed by atoms with Crippen LogP contribution in [0.15, 0.2) is 60.7 Å². The molecule has 2 aromatic carbocycles. The van der Waals surface area contributed by atoms with Gasteiger partial charge in [-0.15, -0.1) is 17.0 Å². The SMILES string of the molecule is Br.[CH3][Zr]([CH3])(=[SiH2])[CH2]C(C1C=Cc2ccccc21)C1C=Cc2ccccc21. The zero-order valence-corrected chi connectivity index (χ0v) is 20.6. The molecule has 0 spiro atoms. The molecule has 0 aliphatic heterocycles. The average Bonchev–Trinajstić information content (AvgIpc) is 3.16. The van der Waals surface area contributed by atoms with Crippen LogP contribution < -0.4 is 0 Å². The Balaban J connectivity index is 0.00000182. The summed E-state index contributed by atoms with van der Waals surface area (Å²) >= 11 is -1.90. The van der Waals surface area contributed by atoms with Crippen molar-refractivity contribution in [1.82, 2.24) is 0 Å². The molecule has 0 fully saturated rings. The molecule has 2 unspecified atom stereocenters. The van der Waals surface area contributed by atoms with E-state index in [9.17, 15) is 0 Å². The normalized spacial score (nSPS) is 21.5. The molecule has 2 aliphatic rings. The number of hydrogen-bond donors (Lipinski definition) is 0. The Hall–Kier alpha value is -0.500. The second-order valence-corrected chi connectivity index (χ2v) is 31.0. The van der Waals surface area contributed by atoms with Crippen molar-refractivity contribution in [1.29, 1.82) is 0 Å². The fourth-order valence-corrected chi connectivity index (χ4v) is 10.8. The maximum absolute atomic E-state index is 2.59. The van der Waals surface area contributed by atoms with Gasteiger partial charge in [0.05, 0.1) is 0 Å². The second-order valence-electron chi connectivity index (χ2n) is 8.06. The zero-order chi connectivity index (χ0) is 16.7. The summed E-state index contributed by atoms with van der Waals surface area (Å²) < 4.78 is 6.63. The fourth-order valence-electron chi connectivity index (χ4n) is 4.42. The number of fused-ring (bicyclic) bond motifs is 2. The summed E-state index contributed by atoms with van der Waals surface area (Å²) in [6, 6.07) is 18.0. The van der Waals surface area contributed by atoms with Crippen molar-refractivity contribution >= 4 is 36.0 Å². The molecule has 0 saturated carbocycles. The molecular formula is C22H26BrSiZr. The number of rotatable bonds is 4. The Morgan fingerprint density at radius 3 is 1.72 bits per heavy atom. The summed E-state index contributed by atoms with van der Waals surface area (Å²) in [4.78, 5) is 0. The van der Waals surface area contributed by atoms with Crippen LogP contribution in [0, 0.1) is 5.92 Å². The first-order valence-electron chi connectivity index (χ1n) is 8.92. The van der Waals surface area contributed by atoms with Gasteiger partial charge in [0.1, 0.15) is 0 Å². The molecule has 0 radical (unpaired) electrons. The maximum atomic E-state index is 2.59. The Bertz CT molecular complexity index is 816. The first kappa shape index (κ1) is 19.3. The average molecular weight is 490 g/mol. The Kier molecular flexibility index (Phi) is 5.88. The first-order valence-corrected chi connectivity index (χ1v) is 21.5. The molecule has 129 valence electrons. The molecule has 0 bridgehead atoms. The van der Waals surface area contributed by atoms with Crippen LogP contribution in [-0.2, 0) is 18.9 Å². The van der Waals surface area contributed by atoms with Crippen molar-refractivity contribution in [2.24, 2.45) is 5.92 Å². The Morgan fingerprint density at radius 1 is 0.840 bits per heavy atom. The third-order valence-electron chi connectivity index (χ3n) is 5.39. The van der Waals surface area contributed by atoms with Crippen molar-refractivity contribution in [3.05, 3.63) is 82.9 Å². The van der Waals surface area contributed by atoms with Gasteiger partial charge in [0, 0.05) is 0 Å². The molecule has 2 aliphatic carbocycles. The second kappa shape index (κ2) is 7.62. The fraction of sp³-hybridized carbons (Fsp3) is 0.273. The van der Waals surface area contributed by atoms with E-state index in [1.54, 1.807) is 11.1 Å². The summed E-state index contributed by atoms with van der Waals surface area (Å²) in [5.74, 6) is 1.85. The monoisotopic (exact) mass is 487 g/mol. The van der Waals surface area contributed by atoms with Crippen LogP contribution in [0.2, 0.25) is 13.4 Å². The van der Waals surface area contributed by atoms with Crippen molar-refractivity contribution < 1.29 is 18.9 Å². The molecule has 0 heterocycles. The van der Waals surface area contributed by atoms with Crippen molar-refractivity contribution in [2.45, 2.75) is 25.2 Å². The predicted octanol–water partition coefficient (Wildman–Crippen LogP) is 6.02. The van der Waals surface area contributed by atoms with Gasteiger partial charge in [-0.3, -0.25) is 0 Å². The van der Waals surface area contributed by atoms with Gasteiger partial charge in [0.2, 0.25) is 0 Å². The first-order chi connectivity index (χ1) is 11.5. The predicted molar refractivity (Wildman–Crippen MR) is 115 cm³/mol. The van der Waals surface area contributed by atoms with Gasteiger partial charge in [-0.05, 0) is 0 Å². The number of hydrogen-bond acceptors (Lipinski definition) is 0. The number of allylic oxidation sites excluding steroid dienone is 2. The summed E-state index contributed by atoms with van der Waals surface area (Å²) in [6.45, 7) is 2.35. The Morgan fingerprint density at radius 2 is 1.28 bits per heavy atom. The standard InChI is InChI=1S/C20H17.2CH3.BrH.H2Si.Zr/c1-14(17-12-10-15-6-2-4-8-19(15)17)18-13-11-16-7-3-5-9-20(16)18;;;;;/h2-14,17-18H,1H2;2*1H3;1H;1H2;. The Labute approximate surface area is 168 Å². The third-order valence-corrected chi connectivity index (χ3v) is 11.0. The van der Waals surface area contributed by atoms with Crippen molar-refractivity contribution in [3.63, 3.8) is 0 Å². The summed E-state index contributed by atoms with van der Waals surface area (Å²) in [5.41, 5.74) is 5.93. The molecular weight excluding hydrogens is 463 g/mol. The third kappa shape index (κ3) is 3.94. The molecule has 4 rings (SSSR count). The van der Waals surface area contributed by atoms with E-state index in [1.807, 2.05) is 0 Å². The molecule has 0 amide bonds. The van der Waals surface area contributed by atoms with Crippen LogP contribution in [0.4, 0.5) is 0 Å². The topological polar surface area (TPSA) is 0 Å². The quantitative estimate of drug-likeness (QED) is 0.461. The van der Waals surface area contributed by atoms with Crippen LogP contribution in [0.5, 0.6) is 0 Å². The van der Waals surface area contributed by atoms with Crippen LogP contribution in [-0.4, -0.2) is 6.88 Å². The van der Waals surface area contributed by atoms with Gasteiger partial charge in [0.25, 0.3) is 0 Å². The molecule has 0 N–H and O–H groups in total. The van der Waals surface area contributed by atoms with Gasteiger partial charge in [-0.25, -0.2) is 0 Å².